The van der Waals surface area contributed by atoms with E-state index in [1.807, 2.05) is 6.07 Å². The van der Waals surface area contributed by atoms with Crippen molar-refractivity contribution in [1.29, 1.82) is 0 Å². The Morgan fingerprint density at radius 2 is 0.636 bits per heavy atom. The second-order valence-electron chi connectivity index (χ2n) is 20.4. The van der Waals surface area contributed by atoms with Crippen LogP contribution in [0.2, 0.25) is 0 Å². The van der Waals surface area contributed by atoms with E-state index >= 15 is 0 Å². The Morgan fingerprint density at radius 1 is 0.247 bits per heavy atom. The highest BCUT2D eigenvalue weighted by atomic mass is 28.3. The Hall–Kier alpha value is -9.94. The zero-order chi connectivity index (χ0) is 50.6. The van der Waals surface area contributed by atoms with Crippen LogP contribution >= 0.6 is 0 Å². The third kappa shape index (κ3) is 6.45. The average molecular weight is 998 g/mol. The van der Waals surface area contributed by atoms with Gasteiger partial charge in [0.25, 0.3) is 0 Å². The van der Waals surface area contributed by atoms with Gasteiger partial charge in [0.2, 0.25) is 0 Å². The third-order valence-electron chi connectivity index (χ3n) is 16.4. The largest absolute Gasteiger partial charge is 0.455 e. The lowest BCUT2D eigenvalue weighted by molar-refractivity contribution is 0.670. The second kappa shape index (κ2) is 17.0. The molecule has 0 fully saturated rings. The van der Waals surface area contributed by atoms with Gasteiger partial charge in [0.05, 0.1) is 33.1 Å². The normalized spacial score (nSPS) is 12.2. The summed E-state index contributed by atoms with van der Waals surface area (Å²) in [5, 5.41) is 14.9. The maximum atomic E-state index is 6.65. The minimum Gasteiger partial charge on any atom is -0.455 e. The van der Waals surface area contributed by atoms with Gasteiger partial charge < -0.3 is 18.1 Å². The molecule has 16 rings (SSSR count). The van der Waals surface area contributed by atoms with Gasteiger partial charge in [-0.2, -0.15) is 0 Å². The predicted octanol–water partition coefficient (Wildman–Crippen LogP) is 15.9. The summed E-state index contributed by atoms with van der Waals surface area (Å²) in [6.07, 6.45) is 0. The van der Waals surface area contributed by atoms with Crippen LogP contribution in [0, 0.1) is 0 Å². The summed E-state index contributed by atoms with van der Waals surface area (Å²) in [6, 6.07) is 105. The van der Waals surface area contributed by atoms with E-state index < -0.39 is 8.07 Å². The lowest BCUT2D eigenvalue weighted by atomic mass is 10.00. The van der Waals surface area contributed by atoms with Crippen molar-refractivity contribution < 1.29 is 4.42 Å². The molecule has 0 spiro atoms. The van der Waals surface area contributed by atoms with Crippen molar-refractivity contribution in [2.24, 2.45) is 0 Å². The van der Waals surface area contributed by atoms with E-state index in [0.717, 1.165) is 66.7 Å². The van der Waals surface area contributed by atoms with Crippen LogP contribution in [0.3, 0.4) is 0 Å². The summed E-state index contributed by atoms with van der Waals surface area (Å²) in [7, 11) is -2.80. The molecule has 12 aromatic carbocycles. The van der Waals surface area contributed by atoms with E-state index in [1.165, 1.54) is 69.6 Å². The number of hydrogen-bond acceptors (Lipinski definition) is 1. The van der Waals surface area contributed by atoms with E-state index in [9.17, 15) is 0 Å². The van der Waals surface area contributed by atoms with E-state index in [1.54, 1.807) is 0 Å². The molecular formula is C72H47N3OSi. The molecule has 0 saturated carbocycles. The van der Waals surface area contributed by atoms with Crippen LogP contribution in [0.25, 0.3) is 116 Å². The minimum absolute atomic E-state index is 0.898. The van der Waals surface area contributed by atoms with Gasteiger partial charge in [0, 0.05) is 65.7 Å². The SMILES string of the molecule is c1ccc([Si](c2ccccc2)(c2ccccc2)c2cccc(-n3c4ccccc4c4cc(-n5c6ccc(-c7cccc8c7oc7ccccc78)cc6c6cc(-n7c8ccccc8c8ccccc87)ccc65)ccc43)c2)cc1. The van der Waals surface area contributed by atoms with Crippen molar-refractivity contribution in [2.45, 2.75) is 0 Å². The maximum Gasteiger partial charge on any atom is 0.179 e. The van der Waals surface area contributed by atoms with Crippen LogP contribution in [0.4, 0.5) is 0 Å². The highest BCUT2D eigenvalue weighted by molar-refractivity contribution is 7.19. The molecule has 4 nitrogen and oxygen atoms in total. The summed E-state index contributed by atoms with van der Waals surface area (Å²) in [4.78, 5) is 0. The molecule has 0 bridgehead atoms. The van der Waals surface area contributed by atoms with Gasteiger partial charge in [-0.1, -0.05) is 200 Å². The number of fused-ring (bicyclic) bond motifs is 12. The molecule has 16 aromatic rings. The first-order chi connectivity index (χ1) is 38.2. The lowest BCUT2D eigenvalue weighted by Crippen LogP contribution is -2.74. The van der Waals surface area contributed by atoms with Crippen molar-refractivity contribution in [2.75, 3.05) is 0 Å². The molecule has 4 heterocycles. The van der Waals surface area contributed by atoms with Crippen molar-refractivity contribution in [1.82, 2.24) is 13.7 Å². The van der Waals surface area contributed by atoms with E-state index in [-0.39, 0.29) is 0 Å². The molecule has 0 radical (unpaired) electrons. The van der Waals surface area contributed by atoms with E-state index in [2.05, 4.69) is 293 Å². The van der Waals surface area contributed by atoms with Crippen LogP contribution < -0.4 is 20.7 Å². The highest BCUT2D eigenvalue weighted by Gasteiger charge is 2.41. The fourth-order valence-electron chi connectivity index (χ4n) is 13.1. The van der Waals surface area contributed by atoms with Gasteiger partial charge >= 0.3 is 0 Å². The van der Waals surface area contributed by atoms with Gasteiger partial charge in [-0.05, 0) is 111 Å². The molecule has 0 unspecified atom stereocenters. The summed E-state index contributed by atoms with van der Waals surface area (Å²) < 4.78 is 14.0. The van der Waals surface area contributed by atoms with Crippen LogP contribution in [-0.2, 0) is 0 Å². The Labute approximate surface area is 445 Å². The van der Waals surface area contributed by atoms with Gasteiger partial charge in [-0.15, -0.1) is 0 Å². The first-order valence-electron chi connectivity index (χ1n) is 26.5. The Kier molecular flexibility index (Phi) is 9.62. The molecule has 360 valence electrons. The zero-order valence-electron chi connectivity index (χ0n) is 41.9. The number of hydrogen-bond donors (Lipinski definition) is 0. The number of aromatic nitrogens is 3. The van der Waals surface area contributed by atoms with Crippen LogP contribution in [0.15, 0.2) is 290 Å². The first-order valence-corrected chi connectivity index (χ1v) is 28.5. The van der Waals surface area contributed by atoms with Crippen molar-refractivity contribution in [3.63, 3.8) is 0 Å². The predicted molar refractivity (Wildman–Crippen MR) is 326 cm³/mol. The standard InChI is InChI=1S/C72H47N3OSi/c1-4-21-52(22-5-1)77(53-23-6-2-7-24-53,54-25-8-3-9-26-54)55-27-18-20-49(45-55)73-67-36-16-12-30-59(67)63-46-50(39-42-69(63)73)75-68-41-38-48(56-32-19-33-61-60-31-13-17-37-71(60)76-72(56)61)44-62(68)64-47-51(40-43-70(64)75)74-65-34-14-10-28-57(65)58-29-11-15-35-66(58)74/h1-47H. The quantitative estimate of drug-likeness (QED) is 0.110. The number of para-hydroxylation sites is 5. The second-order valence-corrected chi connectivity index (χ2v) is 24.2. The van der Waals surface area contributed by atoms with Gasteiger partial charge in [-0.25, -0.2) is 0 Å². The summed E-state index contributed by atoms with van der Waals surface area (Å²) in [5.74, 6) is 0. The molecular weight excluding hydrogens is 951 g/mol. The molecule has 0 N–H and O–H groups in total. The molecule has 77 heavy (non-hydrogen) atoms. The summed E-state index contributed by atoms with van der Waals surface area (Å²) >= 11 is 0. The molecule has 0 saturated heterocycles. The van der Waals surface area contributed by atoms with Gasteiger partial charge in [-0.3, -0.25) is 0 Å². The van der Waals surface area contributed by atoms with Crippen molar-refractivity contribution in [3.8, 4) is 28.2 Å². The third-order valence-corrected chi connectivity index (χ3v) is 21.1. The van der Waals surface area contributed by atoms with E-state index in [4.69, 9.17) is 4.42 Å². The Morgan fingerprint density at radius 3 is 1.19 bits per heavy atom. The number of benzene rings is 12. The molecule has 5 heteroatoms. The number of rotatable bonds is 8. The highest BCUT2D eigenvalue weighted by Crippen LogP contribution is 2.42. The molecule has 0 atom stereocenters. The van der Waals surface area contributed by atoms with Gasteiger partial charge in [0.1, 0.15) is 11.2 Å². The molecule has 4 aromatic heterocycles. The van der Waals surface area contributed by atoms with Crippen molar-refractivity contribution in [3.05, 3.63) is 285 Å². The zero-order valence-corrected chi connectivity index (χ0v) is 42.9. The summed E-state index contributed by atoms with van der Waals surface area (Å²) in [5.41, 5.74) is 14.4. The Bertz CT molecular complexity index is 4840. The van der Waals surface area contributed by atoms with Crippen LogP contribution in [0.5, 0.6) is 0 Å². The van der Waals surface area contributed by atoms with E-state index in [0.29, 0.717) is 0 Å². The van der Waals surface area contributed by atoms with Crippen LogP contribution in [-0.4, -0.2) is 21.8 Å². The monoisotopic (exact) mass is 997 g/mol. The lowest BCUT2D eigenvalue weighted by Gasteiger charge is -2.34. The molecule has 0 aliphatic heterocycles. The summed E-state index contributed by atoms with van der Waals surface area (Å²) in [6.45, 7) is 0. The Balaban J connectivity index is 0.917. The first kappa shape index (κ1) is 43.5. The number of furan rings is 1. The fraction of sp³-hybridized carbons (Fsp3) is 0. The topological polar surface area (TPSA) is 27.9 Å². The number of nitrogens with zero attached hydrogens (tertiary/aromatic N) is 3. The maximum absolute atomic E-state index is 6.65. The molecule has 0 aliphatic carbocycles. The smallest absolute Gasteiger partial charge is 0.179 e. The molecule has 0 amide bonds. The van der Waals surface area contributed by atoms with Crippen LogP contribution in [0.1, 0.15) is 0 Å². The average Bonchev–Trinajstić information content (AvgIpc) is 4.25. The van der Waals surface area contributed by atoms with Gasteiger partial charge in [0.15, 0.2) is 8.07 Å². The van der Waals surface area contributed by atoms with Crippen molar-refractivity contribution >= 4 is 116 Å². The fourth-order valence-corrected chi connectivity index (χ4v) is 17.9. The molecule has 0 aliphatic rings. The minimum atomic E-state index is -2.80.